The lowest BCUT2D eigenvalue weighted by molar-refractivity contribution is -0.135. The number of amides is 2. The molecule has 2 fully saturated rings. The molecule has 1 N–H and O–H groups in total. The first-order chi connectivity index (χ1) is 8.25. The highest BCUT2D eigenvalue weighted by molar-refractivity contribution is 5.79. The molecule has 0 bridgehead atoms. The van der Waals surface area contributed by atoms with Crippen LogP contribution in [0.25, 0.3) is 0 Å². The van der Waals surface area contributed by atoms with Crippen molar-refractivity contribution in [2.45, 2.75) is 25.7 Å². The number of hydrogen-bond donors (Lipinski definition) is 1. The molecule has 1 aliphatic carbocycles. The highest BCUT2D eigenvalue weighted by Crippen LogP contribution is 2.31. The van der Waals surface area contributed by atoms with Crippen LogP contribution in [0.15, 0.2) is 0 Å². The topological polar surface area (TPSA) is 58.6 Å². The number of nitrogens with zero attached hydrogens (tertiary/aromatic N) is 1. The average Bonchev–Trinajstić information content (AvgIpc) is 3.14. The van der Waals surface area contributed by atoms with Gasteiger partial charge in [-0.3, -0.25) is 9.59 Å². The lowest BCUT2D eigenvalue weighted by atomic mass is 10.2. The zero-order valence-electron chi connectivity index (χ0n) is 10.1. The van der Waals surface area contributed by atoms with Gasteiger partial charge in [0.25, 0.3) is 0 Å². The molecule has 2 aliphatic rings. The van der Waals surface area contributed by atoms with Crippen molar-refractivity contribution >= 4 is 11.8 Å². The minimum atomic E-state index is 0.0854. The van der Waals surface area contributed by atoms with Gasteiger partial charge in [-0.15, -0.1) is 0 Å². The lowest BCUT2D eigenvalue weighted by Crippen LogP contribution is -2.42. The first-order valence-electron chi connectivity index (χ1n) is 6.38. The van der Waals surface area contributed by atoms with Crippen LogP contribution in [-0.2, 0) is 14.3 Å². The summed E-state index contributed by atoms with van der Waals surface area (Å²) in [6.07, 6.45) is 3.39. The van der Waals surface area contributed by atoms with Crippen LogP contribution in [0.1, 0.15) is 25.7 Å². The van der Waals surface area contributed by atoms with Gasteiger partial charge >= 0.3 is 0 Å². The molecule has 0 aromatic rings. The molecule has 0 spiro atoms. The summed E-state index contributed by atoms with van der Waals surface area (Å²) in [5, 5.41) is 2.81. The largest absolute Gasteiger partial charge is 0.378 e. The van der Waals surface area contributed by atoms with Crippen molar-refractivity contribution in [3.63, 3.8) is 0 Å². The summed E-state index contributed by atoms with van der Waals surface area (Å²) in [6.45, 7) is 3.06. The third-order valence-electron chi connectivity index (χ3n) is 3.20. The number of carbonyl (C=O) groups is 2. The summed E-state index contributed by atoms with van der Waals surface area (Å²) in [6, 6.07) is 0. The Morgan fingerprint density at radius 1 is 1.24 bits per heavy atom. The fraction of sp³-hybridized carbons (Fsp3) is 0.833. The number of morpholine rings is 1. The summed E-state index contributed by atoms with van der Waals surface area (Å²) in [7, 11) is 0. The molecule has 5 nitrogen and oxygen atoms in total. The number of nitrogens with one attached hydrogen (secondary N) is 1. The summed E-state index contributed by atoms with van der Waals surface area (Å²) in [4.78, 5) is 24.9. The highest BCUT2D eigenvalue weighted by Gasteiger charge is 2.24. The molecule has 2 rings (SSSR count). The number of rotatable bonds is 5. The Kier molecular flexibility index (Phi) is 4.36. The van der Waals surface area contributed by atoms with Crippen molar-refractivity contribution in [2.75, 3.05) is 32.8 Å². The van der Waals surface area contributed by atoms with E-state index >= 15 is 0 Å². The minimum absolute atomic E-state index is 0.0854. The van der Waals surface area contributed by atoms with Crippen LogP contribution >= 0.6 is 0 Å². The summed E-state index contributed by atoms with van der Waals surface area (Å²) >= 11 is 0. The second-order valence-electron chi connectivity index (χ2n) is 4.74. The average molecular weight is 240 g/mol. The molecule has 96 valence electrons. The van der Waals surface area contributed by atoms with Crippen LogP contribution in [0, 0.1) is 5.92 Å². The standard InChI is InChI=1S/C12H20N2O3/c15-11(9-10-1-2-10)13-4-3-12(16)14-5-7-17-8-6-14/h10H,1-9H2,(H,13,15). The summed E-state index contributed by atoms with van der Waals surface area (Å²) in [5.41, 5.74) is 0. The Morgan fingerprint density at radius 2 is 1.94 bits per heavy atom. The maximum absolute atomic E-state index is 11.7. The van der Waals surface area contributed by atoms with E-state index in [1.165, 1.54) is 12.8 Å². The van der Waals surface area contributed by atoms with Gasteiger partial charge in [-0.1, -0.05) is 0 Å². The SMILES string of the molecule is O=C(CC1CC1)NCCC(=O)N1CCOCC1. The van der Waals surface area contributed by atoms with Gasteiger partial charge in [0.15, 0.2) is 0 Å². The fourth-order valence-electron chi connectivity index (χ4n) is 1.94. The van der Waals surface area contributed by atoms with E-state index in [1.54, 1.807) is 4.90 Å². The van der Waals surface area contributed by atoms with Gasteiger partial charge in [0, 0.05) is 32.5 Å². The molecule has 2 amide bonds. The Morgan fingerprint density at radius 3 is 2.59 bits per heavy atom. The number of ether oxygens (including phenoxy) is 1. The van der Waals surface area contributed by atoms with Gasteiger partial charge in [-0.2, -0.15) is 0 Å². The van der Waals surface area contributed by atoms with Gasteiger partial charge in [-0.05, 0) is 18.8 Å². The monoisotopic (exact) mass is 240 g/mol. The Bertz CT molecular complexity index is 283. The summed E-state index contributed by atoms with van der Waals surface area (Å²) < 4.78 is 5.18. The molecule has 5 heteroatoms. The Hall–Kier alpha value is -1.10. The molecule has 1 saturated heterocycles. The van der Waals surface area contributed by atoms with Crippen LogP contribution in [0.4, 0.5) is 0 Å². The second kappa shape index (κ2) is 6.00. The van der Waals surface area contributed by atoms with Crippen molar-refractivity contribution < 1.29 is 14.3 Å². The number of carbonyl (C=O) groups excluding carboxylic acids is 2. The zero-order valence-corrected chi connectivity index (χ0v) is 10.1. The van der Waals surface area contributed by atoms with E-state index < -0.39 is 0 Å². The van der Waals surface area contributed by atoms with Crippen LogP contribution in [0.5, 0.6) is 0 Å². The van der Waals surface area contributed by atoms with Crippen LogP contribution in [-0.4, -0.2) is 49.6 Å². The maximum atomic E-state index is 11.7. The fourth-order valence-corrected chi connectivity index (χ4v) is 1.94. The maximum Gasteiger partial charge on any atom is 0.224 e. The van der Waals surface area contributed by atoms with Crippen molar-refractivity contribution in [1.29, 1.82) is 0 Å². The van der Waals surface area contributed by atoms with E-state index in [0.717, 1.165) is 0 Å². The zero-order chi connectivity index (χ0) is 12.1. The van der Waals surface area contributed by atoms with E-state index in [1.807, 2.05) is 0 Å². The Labute approximate surface area is 101 Å². The summed E-state index contributed by atoms with van der Waals surface area (Å²) in [5.74, 6) is 0.798. The van der Waals surface area contributed by atoms with Gasteiger partial charge in [-0.25, -0.2) is 0 Å². The van der Waals surface area contributed by atoms with Gasteiger partial charge in [0.1, 0.15) is 0 Å². The molecule has 0 radical (unpaired) electrons. The molecular weight excluding hydrogens is 220 g/mol. The van der Waals surface area contributed by atoms with E-state index in [0.29, 0.717) is 51.6 Å². The third-order valence-corrected chi connectivity index (χ3v) is 3.20. The quantitative estimate of drug-likeness (QED) is 0.744. The normalized spacial score (nSPS) is 20.1. The molecule has 0 aromatic carbocycles. The molecule has 17 heavy (non-hydrogen) atoms. The predicted octanol–water partition coefficient (Wildman–Crippen LogP) is 0.152. The van der Waals surface area contributed by atoms with Crippen molar-refractivity contribution in [1.82, 2.24) is 10.2 Å². The highest BCUT2D eigenvalue weighted by atomic mass is 16.5. The Balaban J connectivity index is 1.56. The second-order valence-corrected chi connectivity index (χ2v) is 4.74. The van der Waals surface area contributed by atoms with Crippen molar-refractivity contribution in [3.05, 3.63) is 0 Å². The first-order valence-corrected chi connectivity index (χ1v) is 6.38. The molecule has 0 atom stereocenters. The molecule has 0 aromatic heterocycles. The smallest absolute Gasteiger partial charge is 0.224 e. The number of hydrogen-bond acceptors (Lipinski definition) is 3. The van der Waals surface area contributed by atoms with Gasteiger partial charge in [0.05, 0.1) is 13.2 Å². The molecule has 0 unspecified atom stereocenters. The molecule has 1 saturated carbocycles. The molecular formula is C12H20N2O3. The van der Waals surface area contributed by atoms with E-state index in [4.69, 9.17) is 4.74 Å². The lowest BCUT2D eigenvalue weighted by Gasteiger charge is -2.26. The first kappa shape index (κ1) is 12.4. The molecule has 1 aliphatic heterocycles. The van der Waals surface area contributed by atoms with Crippen LogP contribution < -0.4 is 5.32 Å². The van der Waals surface area contributed by atoms with E-state index in [2.05, 4.69) is 5.32 Å². The molecule has 1 heterocycles. The van der Waals surface area contributed by atoms with Crippen molar-refractivity contribution in [2.24, 2.45) is 5.92 Å². The third kappa shape index (κ3) is 4.34. The van der Waals surface area contributed by atoms with Crippen LogP contribution in [0.3, 0.4) is 0 Å². The van der Waals surface area contributed by atoms with E-state index in [9.17, 15) is 9.59 Å². The van der Waals surface area contributed by atoms with Crippen LogP contribution in [0.2, 0.25) is 0 Å². The minimum Gasteiger partial charge on any atom is -0.378 e. The van der Waals surface area contributed by atoms with Crippen molar-refractivity contribution in [3.8, 4) is 0 Å². The predicted molar refractivity (Wildman–Crippen MR) is 62.4 cm³/mol. The van der Waals surface area contributed by atoms with E-state index in [-0.39, 0.29) is 11.8 Å². The van der Waals surface area contributed by atoms with Gasteiger partial charge < -0.3 is 15.0 Å². The van der Waals surface area contributed by atoms with Gasteiger partial charge in [0.2, 0.25) is 11.8 Å².